The molecule has 0 unspecified atom stereocenters. The molecule has 0 aromatic heterocycles. The highest BCUT2D eigenvalue weighted by Gasteiger charge is 2.68. The van der Waals surface area contributed by atoms with Crippen LogP contribution < -0.4 is 16.2 Å². The summed E-state index contributed by atoms with van der Waals surface area (Å²) in [6.07, 6.45) is 0.431. The van der Waals surface area contributed by atoms with Crippen LogP contribution in [0, 0.1) is 5.41 Å². The zero-order valence-corrected chi connectivity index (χ0v) is 11.9. The van der Waals surface area contributed by atoms with E-state index in [1.165, 1.54) is 0 Å². The van der Waals surface area contributed by atoms with Crippen LogP contribution in [0.15, 0.2) is 0 Å². The molecule has 0 aliphatic heterocycles. The van der Waals surface area contributed by atoms with Crippen molar-refractivity contribution in [1.82, 2.24) is 16.2 Å². The molecule has 1 saturated carbocycles. The molecular formula is C9H15Cl2N3O2S. The van der Waals surface area contributed by atoms with Gasteiger partial charge in [0.25, 0.3) is 0 Å². The lowest BCUT2D eigenvalue weighted by atomic mass is 10.1. The van der Waals surface area contributed by atoms with Crippen LogP contribution in [0.1, 0.15) is 13.3 Å². The fourth-order valence-corrected chi connectivity index (χ4v) is 2.07. The Kier molecular flexibility index (Phi) is 4.83. The minimum Gasteiger partial charge on any atom is -0.383 e. The number of hydrogen-bond donors (Lipinski definition) is 3. The zero-order chi connectivity index (χ0) is 13.1. The standard InChI is InChI=1S/C9H15Cl2N3O2S/c1-8(5-9(8,10)11)6(15)13-14-7(17)12-3-4-16-2/h3-5H2,1-2H3,(H,13,15)(H2,12,14,17)/t8-/m1/s1. The van der Waals surface area contributed by atoms with Crippen LogP contribution in [0.3, 0.4) is 0 Å². The van der Waals surface area contributed by atoms with E-state index in [-0.39, 0.29) is 5.91 Å². The fraction of sp³-hybridized carbons (Fsp3) is 0.778. The van der Waals surface area contributed by atoms with E-state index in [0.29, 0.717) is 24.7 Å². The number of amides is 1. The van der Waals surface area contributed by atoms with E-state index >= 15 is 0 Å². The Morgan fingerprint density at radius 3 is 2.53 bits per heavy atom. The van der Waals surface area contributed by atoms with E-state index in [4.69, 9.17) is 40.2 Å². The van der Waals surface area contributed by atoms with Crippen molar-refractivity contribution in [3.63, 3.8) is 0 Å². The van der Waals surface area contributed by atoms with Gasteiger partial charge in [-0.05, 0) is 25.6 Å². The number of methoxy groups -OCH3 is 1. The van der Waals surface area contributed by atoms with Crippen LogP contribution in [0.4, 0.5) is 0 Å². The van der Waals surface area contributed by atoms with Gasteiger partial charge >= 0.3 is 0 Å². The third-order valence-electron chi connectivity index (χ3n) is 2.64. The Bertz CT molecular complexity index is 327. The van der Waals surface area contributed by atoms with Crippen molar-refractivity contribution in [3.8, 4) is 0 Å². The highest BCUT2D eigenvalue weighted by molar-refractivity contribution is 7.80. The number of hydrazine groups is 1. The van der Waals surface area contributed by atoms with E-state index < -0.39 is 9.75 Å². The van der Waals surface area contributed by atoms with Crippen molar-refractivity contribution in [1.29, 1.82) is 0 Å². The van der Waals surface area contributed by atoms with Crippen LogP contribution in [0.2, 0.25) is 0 Å². The second-order valence-electron chi connectivity index (χ2n) is 4.04. The van der Waals surface area contributed by atoms with Crippen LogP contribution >= 0.6 is 35.4 Å². The molecule has 17 heavy (non-hydrogen) atoms. The van der Waals surface area contributed by atoms with Crippen molar-refractivity contribution in [3.05, 3.63) is 0 Å². The second kappa shape index (κ2) is 5.56. The average molecular weight is 300 g/mol. The smallest absolute Gasteiger partial charge is 0.247 e. The number of nitrogens with one attached hydrogen (secondary N) is 3. The molecule has 1 amide bonds. The van der Waals surface area contributed by atoms with Gasteiger partial charge in [0.05, 0.1) is 12.0 Å². The van der Waals surface area contributed by atoms with Crippen LogP contribution in [0.5, 0.6) is 0 Å². The van der Waals surface area contributed by atoms with Gasteiger partial charge < -0.3 is 10.1 Å². The number of rotatable bonds is 4. The summed E-state index contributed by atoms with van der Waals surface area (Å²) in [4.78, 5) is 11.7. The molecule has 1 aliphatic carbocycles. The maximum absolute atomic E-state index is 11.7. The molecule has 0 saturated heterocycles. The minimum atomic E-state index is -0.982. The molecule has 0 heterocycles. The molecule has 1 aliphatic rings. The molecular weight excluding hydrogens is 285 g/mol. The van der Waals surface area contributed by atoms with Crippen molar-refractivity contribution in [2.24, 2.45) is 5.41 Å². The Labute approximate surface area is 116 Å². The first-order chi connectivity index (χ1) is 7.83. The summed E-state index contributed by atoms with van der Waals surface area (Å²) in [5, 5.41) is 3.16. The molecule has 0 aromatic carbocycles. The summed E-state index contributed by atoms with van der Waals surface area (Å²) in [6, 6.07) is 0. The van der Waals surface area contributed by atoms with Gasteiger partial charge in [-0.25, -0.2) is 0 Å². The normalized spacial score (nSPS) is 24.9. The van der Waals surface area contributed by atoms with E-state index in [0.717, 1.165) is 0 Å². The summed E-state index contributed by atoms with van der Waals surface area (Å²) in [6.45, 7) is 2.79. The molecule has 98 valence electrons. The summed E-state index contributed by atoms with van der Waals surface area (Å²) in [7, 11) is 1.59. The van der Waals surface area contributed by atoms with Gasteiger partial charge in [0.15, 0.2) is 5.11 Å². The van der Waals surface area contributed by atoms with Gasteiger partial charge in [0.1, 0.15) is 4.33 Å². The first-order valence-electron chi connectivity index (χ1n) is 5.04. The number of carbonyl (C=O) groups excluding carboxylic acids is 1. The van der Waals surface area contributed by atoms with Crippen molar-refractivity contribution < 1.29 is 9.53 Å². The number of thiocarbonyl (C=S) groups is 1. The predicted molar refractivity (Wildman–Crippen MR) is 70.9 cm³/mol. The molecule has 0 spiro atoms. The number of halogens is 2. The van der Waals surface area contributed by atoms with E-state index in [1.54, 1.807) is 14.0 Å². The first-order valence-corrected chi connectivity index (χ1v) is 6.21. The van der Waals surface area contributed by atoms with Crippen molar-refractivity contribution in [2.75, 3.05) is 20.3 Å². The number of hydrogen-bond acceptors (Lipinski definition) is 3. The van der Waals surface area contributed by atoms with Gasteiger partial charge in [0.2, 0.25) is 5.91 Å². The highest BCUT2D eigenvalue weighted by atomic mass is 35.5. The third-order valence-corrected chi connectivity index (χ3v) is 3.99. The lowest BCUT2D eigenvalue weighted by molar-refractivity contribution is -0.126. The number of ether oxygens (including phenoxy) is 1. The van der Waals surface area contributed by atoms with Gasteiger partial charge in [-0.3, -0.25) is 15.6 Å². The third kappa shape index (κ3) is 3.58. The van der Waals surface area contributed by atoms with Crippen LogP contribution in [-0.4, -0.2) is 35.6 Å². The molecule has 0 aromatic rings. The SMILES string of the molecule is COCCNC(=S)NNC(=O)[C@@]1(C)CC1(Cl)Cl. The maximum Gasteiger partial charge on any atom is 0.247 e. The average Bonchev–Trinajstić information content (AvgIpc) is 2.76. The largest absolute Gasteiger partial charge is 0.383 e. The van der Waals surface area contributed by atoms with E-state index in [9.17, 15) is 4.79 Å². The summed E-state index contributed by atoms with van der Waals surface area (Å²) < 4.78 is 3.85. The molecule has 3 N–H and O–H groups in total. The Hall–Kier alpha value is -0.300. The Balaban J connectivity index is 2.23. The van der Waals surface area contributed by atoms with Gasteiger partial charge in [0, 0.05) is 13.7 Å². The predicted octanol–water partition coefficient (Wildman–Crippen LogP) is 0.712. The first kappa shape index (κ1) is 14.8. The molecule has 1 atom stereocenters. The fourth-order valence-electron chi connectivity index (χ4n) is 1.21. The monoisotopic (exact) mass is 299 g/mol. The minimum absolute atomic E-state index is 0.279. The second-order valence-corrected chi connectivity index (χ2v) is 5.93. The molecule has 8 heteroatoms. The molecule has 5 nitrogen and oxygen atoms in total. The molecule has 0 radical (unpaired) electrons. The summed E-state index contributed by atoms with van der Waals surface area (Å²) in [5.74, 6) is -0.279. The lowest BCUT2D eigenvalue weighted by Crippen LogP contribution is -2.50. The van der Waals surface area contributed by atoms with Crippen molar-refractivity contribution in [2.45, 2.75) is 17.7 Å². The van der Waals surface area contributed by atoms with Crippen molar-refractivity contribution >= 4 is 46.4 Å². The van der Waals surface area contributed by atoms with E-state index in [1.807, 2.05) is 0 Å². The van der Waals surface area contributed by atoms with Crippen LogP contribution in [0.25, 0.3) is 0 Å². The number of carbonyl (C=O) groups is 1. The maximum atomic E-state index is 11.7. The van der Waals surface area contributed by atoms with Gasteiger partial charge in [-0.2, -0.15) is 0 Å². The van der Waals surface area contributed by atoms with Gasteiger partial charge in [-0.15, -0.1) is 23.2 Å². The Morgan fingerprint density at radius 2 is 2.06 bits per heavy atom. The van der Waals surface area contributed by atoms with E-state index in [2.05, 4.69) is 16.2 Å². The molecule has 0 bridgehead atoms. The number of alkyl halides is 2. The van der Waals surface area contributed by atoms with Crippen LogP contribution in [-0.2, 0) is 9.53 Å². The lowest BCUT2D eigenvalue weighted by Gasteiger charge is -2.15. The quantitative estimate of drug-likeness (QED) is 0.309. The molecule has 1 rings (SSSR count). The summed E-state index contributed by atoms with van der Waals surface area (Å²) in [5.41, 5.74) is 4.28. The topological polar surface area (TPSA) is 62.4 Å². The Morgan fingerprint density at radius 1 is 1.47 bits per heavy atom. The zero-order valence-electron chi connectivity index (χ0n) is 9.60. The molecule has 1 fully saturated rings. The highest BCUT2D eigenvalue weighted by Crippen LogP contribution is 2.63. The summed E-state index contributed by atoms with van der Waals surface area (Å²) >= 11 is 16.7. The van der Waals surface area contributed by atoms with Gasteiger partial charge in [-0.1, -0.05) is 0 Å².